The number of hydrogen-bond acceptors (Lipinski definition) is 3. The van der Waals surface area contributed by atoms with Crippen LogP contribution in [0.25, 0.3) is 5.52 Å². The second-order valence-corrected chi connectivity index (χ2v) is 5.44. The molecule has 0 saturated heterocycles. The summed E-state index contributed by atoms with van der Waals surface area (Å²) in [5, 5.41) is 8.99. The van der Waals surface area contributed by atoms with E-state index >= 15 is 0 Å². The molecule has 0 aliphatic heterocycles. The van der Waals surface area contributed by atoms with Crippen molar-refractivity contribution >= 4 is 5.52 Å². The fraction of sp³-hybridized carbons (Fsp3) is 0.278. The van der Waals surface area contributed by atoms with Crippen LogP contribution >= 0.6 is 0 Å². The Morgan fingerprint density at radius 2 is 2.04 bits per heavy atom. The topological polar surface area (TPSA) is 63.1 Å². The second kappa shape index (κ2) is 6.09. The van der Waals surface area contributed by atoms with Gasteiger partial charge in [0.2, 0.25) is 0 Å². The van der Waals surface area contributed by atoms with E-state index in [-0.39, 0.29) is 5.56 Å². The molecule has 0 aliphatic rings. The molecule has 5 nitrogen and oxygen atoms in total. The van der Waals surface area contributed by atoms with E-state index in [4.69, 9.17) is 5.26 Å². The summed E-state index contributed by atoms with van der Waals surface area (Å²) in [5.41, 5.74) is 2.99. The van der Waals surface area contributed by atoms with E-state index in [1.54, 1.807) is 16.8 Å². The van der Waals surface area contributed by atoms with Crippen LogP contribution in [0.3, 0.4) is 0 Å². The standard InChI is InChI=1S/C18H18N4O/c1-3-15-17-18(23)21(8-9-22(17)16(4-2)20-15)12-14-7-5-6-13(10-14)11-19/h5-10H,3-4,12H2,1-2H3. The lowest BCUT2D eigenvalue weighted by Gasteiger charge is -2.08. The van der Waals surface area contributed by atoms with Gasteiger partial charge in [0.25, 0.3) is 5.56 Å². The first kappa shape index (κ1) is 15.0. The van der Waals surface area contributed by atoms with E-state index in [0.717, 1.165) is 29.9 Å². The van der Waals surface area contributed by atoms with Crippen LogP contribution in [0.15, 0.2) is 41.5 Å². The number of aryl methyl sites for hydroxylation is 2. The Hall–Kier alpha value is -2.87. The van der Waals surface area contributed by atoms with Crippen molar-refractivity contribution in [2.24, 2.45) is 0 Å². The molecule has 0 N–H and O–H groups in total. The zero-order chi connectivity index (χ0) is 16.4. The predicted molar refractivity (Wildman–Crippen MR) is 88.5 cm³/mol. The quantitative estimate of drug-likeness (QED) is 0.744. The summed E-state index contributed by atoms with van der Waals surface area (Å²) in [7, 11) is 0. The fourth-order valence-corrected chi connectivity index (χ4v) is 2.82. The van der Waals surface area contributed by atoms with Crippen LogP contribution < -0.4 is 5.56 Å². The summed E-state index contributed by atoms with van der Waals surface area (Å²) < 4.78 is 3.56. The third-order valence-electron chi connectivity index (χ3n) is 3.98. The first-order valence-corrected chi connectivity index (χ1v) is 7.76. The molecule has 0 aliphatic carbocycles. The third-order valence-corrected chi connectivity index (χ3v) is 3.98. The van der Waals surface area contributed by atoms with Crippen molar-refractivity contribution in [2.75, 3.05) is 0 Å². The van der Waals surface area contributed by atoms with Crippen LogP contribution in [0, 0.1) is 11.3 Å². The number of imidazole rings is 1. The van der Waals surface area contributed by atoms with Crippen LogP contribution in [0.5, 0.6) is 0 Å². The number of nitrogens with zero attached hydrogens (tertiary/aromatic N) is 4. The first-order valence-electron chi connectivity index (χ1n) is 7.76. The van der Waals surface area contributed by atoms with Crippen molar-refractivity contribution in [3.8, 4) is 6.07 Å². The van der Waals surface area contributed by atoms with Crippen LogP contribution in [0.4, 0.5) is 0 Å². The lowest BCUT2D eigenvalue weighted by molar-refractivity contribution is 0.748. The van der Waals surface area contributed by atoms with Gasteiger partial charge in [-0.2, -0.15) is 5.26 Å². The van der Waals surface area contributed by atoms with E-state index < -0.39 is 0 Å². The van der Waals surface area contributed by atoms with Crippen molar-refractivity contribution < 1.29 is 0 Å². The smallest absolute Gasteiger partial charge is 0.277 e. The summed E-state index contributed by atoms with van der Waals surface area (Å²) in [6.07, 6.45) is 5.20. The Morgan fingerprint density at radius 1 is 1.22 bits per heavy atom. The van der Waals surface area contributed by atoms with Crippen molar-refractivity contribution in [1.82, 2.24) is 14.0 Å². The average molecular weight is 306 g/mol. The highest BCUT2D eigenvalue weighted by Crippen LogP contribution is 2.12. The van der Waals surface area contributed by atoms with Gasteiger partial charge in [-0.15, -0.1) is 0 Å². The Morgan fingerprint density at radius 3 is 2.74 bits per heavy atom. The molecule has 116 valence electrons. The second-order valence-electron chi connectivity index (χ2n) is 5.44. The molecule has 2 aromatic heterocycles. The van der Waals surface area contributed by atoms with Crippen molar-refractivity contribution in [3.63, 3.8) is 0 Å². The molecule has 23 heavy (non-hydrogen) atoms. The number of aromatic nitrogens is 3. The molecule has 0 spiro atoms. The average Bonchev–Trinajstić information content (AvgIpc) is 2.96. The SMILES string of the molecule is CCc1nc(CC)n2ccn(Cc3cccc(C#N)c3)c(=O)c12. The lowest BCUT2D eigenvalue weighted by atomic mass is 10.1. The molecular weight excluding hydrogens is 288 g/mol. The molecule has 0 radical (unpaired) electrons. The molecular formula is C18H18N4O. The van der Waals surface area contributed by atoms with Gasteiger partial charge >= 0.3 is 0 Å². The Bertz CT molecular complexity index is 959. The maximum absolute atomic E-state index is 12.8. The van der Waals surface area contributed by atoms with Gasteiger partial charge in [0.05, 0.1) is 23.9 Å². The molecule has 1 aromatic carbocycles. The highest BCUT2D eigenvalue weighted by molar-refractivity contribution is 5.51. The minimum atomic E-state index is -0.0427. The molecule has 0 fully saturated rings. The normalized spacial score (nSPS) is 10.8. The van der Waals surface area contributed by atoms with E-state index in [2.05, 4.69) is 11.1 Å². The van der Waals surface area contributed by atoms with Gasteiger partial charge in [0, 0.05) is 18.8 Å². The highest BCUT2D eigenvalue weighted by Gasteiger charge is 2.13. The number of benzene rings is 1. The number of fused-ring (bicyclic) bond motifs is 1. The van der Waals surface area contributed by atoms with E-state index in [9.17, 15) is 4.79 Å². The van der Waals surface area contributed by atoms with Gasteiger partial charge in [0.1, 0.15) is 11.3 Å². The predicted octanol–water partition coefficient (Wildman–Crippen LogP) is 2.54. The lowest BCUT2D eigenvalue weighted by Crippen LogP contribution is -2.22. The Kier molecular flexibility index (Phi) is 3.98. The first-order chi connectivity index (χ1) is 11.2. The molecule has 0 bridgehead atoms. The highest BCUT2D eigenvalue weighted by atomic mass is 16.1. The van der Waals surface area contributed by atoms with Gasteiger partial charge in [-0.05, 0) is 24.1 Å². The molecule has 3 rings (SSSR count). The van der Waals surface area contributed by atoms with E-state index in [0.29, 0.717) is 17.6 Å². The van der Waals surface area contributed by atoms with Crippen molar-refractivity contribution in [3.05, 3.63) is 69.7 Å². The number of nitriles is 1. The minimum Gasteiger partial charge on any atom is -0.308 e. The summed E-state index contributed by atoms with van der Waals surface area (Å²) in [6, 6.07) is 9.45. The van der Waals surface area contributed by atoms with Crippen LogP contribution in [-0.2, 0) is 19.4 Å². The Labute approximate surface area is 134 Å². The zero-order valence-corrected chi connectivity index (χ0v) is 13.3. The third kappa shape index (κ3) is 2.64. The molecule has 0 saturated carbocycles. The summed E-state index contributed by atoms with van der Waals surface area (Å²) >= 11 is 0. The number of hydrogen-bond donors (Lipinski definition) is 0. The molecule has 2 heterocycles. The van der Waals surface area contributed by atoms with Gasteiger partial charge in [-0.1, -0.05) is 26.0 Å². The number of rotatable bonds is 4. The van der Waals surface area contributed by atoms with Crippen LogP contribution in [-0.4, -0.2) is 14.0 Å². The summed E-state index contributed by atoms with van der Waals surface area (Å²) in [4.78, 5) is 17.4. The Balaban J connectivity index is 2.10. The van der Waals surface area contributed by atoms with Crippen molar-refractivity contribution in [2.45, 2.75) is 33.2 Å². The van der Waals surface area contributed by atoms with Crippen LogP contribution in [0.2, 0.25) is 0 Å². The molecule has 0 unspecified atom stereocenters. The van der Waals surface area contributed by atoms with Gasteiger partial charge in [-0.3, -0.25) is 9.20 Å². The maximum Gasteiger partial charge on any atom is 0.277 e. The monoisotopic (exact) mass is 306 g/mol. The van der Waals surface area contributed by atoms with E-state index in [1.165, 1.54) is 0 Å². The zero-order valence-electron chi connectivity index (χ0n) is 13.3. The van der Waals surface area contributed by atoms with Gasteiger partial charge < -0.3 is 4.57 Å². The molecule has 0 amide bonds. The molecule has 5 heteroatoms. The maximum atomic E-state index is 12.8. The fourth-order valence-electron chi connectivity index (χ4n) is 2.82. The summed E-state index contributed by atoms with van der Waals surface area (Å²) in [5.74, 6) is 0.910. The molecule has 0 atom stereocenters. The van der Waals surface area contributed by atoms with E-state index in [1.807, 2.05) is 42.6 Å². The van der Waals surface area contributed by atoms with Gasteiger partial charge in [-0.25, -0.2) is 4.98 Å². The van der Waals surface area contributed by atoms with Gasteiger partial charge in [0.15, 0.2) is 0 Å². The van der Waals surface area contributed by atoms with Crippen LogP contribution in [0.1, 0.15) is 36.5 Å². The van der Waals surface area contributed by atoms with Crippen molar-refractivity contribution in [1.29, 1.82) is 5.26 Å². The summed E-state index contributed by atoms with van der Waals surface area (Å²) in [6.45, 7) is 4.49. The largest absolute Gasteiger partial charge is 0.308 e. The minimum absolute atomic E-state index is 0.0427. The molecule has 3 aromatic rings.